The van der Waals surface area contributed by atoms with E-state index in [0.29, 0.717) is 21.3 Å². The summed E-state index contributed by atoms with van der Waals surface area (Å²) in [7, 11) is 0. The van der Waals surface area contributed by atoms with Gasteiger partial charge in [-0.2, -0.15) is 0 Å². The van der Waals surface area contributed by atoms with Gasteiger partial charge in [-0.1, -0.05) is 18.6 Å². The number of carbonyl (C=O) groups excluding carboxylic acids is 2. The molecule has 5 nitrogen and oxygen atoms in total. The standard InChI is InChI=1S/C21H21BrN2O3S/c22-18-9-5-4-8-17(18)19(25)24-21(28)23-15-12-10-14(11-13-15)20(26)27-16-6-2-1-3-7-16/h4-5,8-13,16H,1-3,6-7H2,(H2,23,24,25,28). The van der Waals surface area contributed by atoms with Gasteiger partial charge in [0.2, 0.25) is 0 Å². The Balaban J connectivity index is 1.53. The predicted octanol–water partition coefficient (Wildman–Crippen LogP) is 5.07. The van der Waals surface area contributed by atoms with Crippen molar-refractivity contribution < 1.29 is 14.3 Å². The van der Waals surface area contributed by atoms with Gasteiger partial charge >= 0.3 is 5.97 Å². The van der Waals surface area contributed by atoms with Crippen molar-refractivity contribution in [3.8, 4) is 0 Å². The number of thiocarbonyl (C=S) groups is 1. The first kappa shape index (κ1) is 20.5. The van der Waals surface area contributed by atoms with Crippen LogP contribution in [0.4, 0.5) is 5.69 Å². The number of amides is 1. The van der Waals surface area contributed by atoms with E-state index in [9.17, 15) is 9.59 Å². The van der Waals surface area contributed by atoms with Gasteiger partial charge in [0.1, 0.15) is 6.10 Å². The number of halogens is 1. The molecule has 1 aliphatic carbocycles. The lowest BCUT2D eigenvalue weighted by Gasteiger charge is -2.21. The lowest BCUT2D eigenvalue weighted by atomic mass is 9.98. The molecule has 2 aromatic carbocycles. The molecule has 0 unspecified atom stereocenters. The molecule has 0 radical (unpaired) electrons. The molecule has 1 aliphatic rings. The second kappa shape index (κ2) is 9.80. The average molecular weight is 461 g/mol. The zero-order chi connectivity index (χ0) is 19.9. The Kier molecular flexibility index (Phi) is 7.17. The van der Waals surface area contributed by atoms with E-state index in [2.05, 4.69) is 26.6 Å². The van der Waals surface area contributed by atoms with Gasteiger partial charge < -0.3 is 10.1 Å². The summed E-state index contributed by atoms with van der Waals surface area (Å²) in [5, 5.41) is 5.76. The van der Waals surface area contributed by atoms with Crippen molar-refractivity contribution in [1.82, 2.24) is 5.32 Å². The first-order chi connectivity index (χ1) is 13.5. The maximum absolute atomic E-state index is 12.3. The summed E-state index contributed by atoms with van der Waals surface area (Å²) in [5.41, 5.74) is 1.67. The zero-order valence-electron chi connectivity index (χ0n) is 15.2. The highest BCUT2D eigenvalue weighted by Gasteiger charge is 2.18. The highest BCUT2D eigenvalue weighted by Crippen LogP contribution is 2.22. The molecule has 2 N–H and O–H groups in total. The van der Waals surface area contributed by atoms with E-state index < -0.39 is 0 Å². The number of anilines is 1. The molecular weight excluding hydrogens is 440 g/mol. The smallest absolute Gasteiger partial charge is 0.338 e. The van der Waals surface area contributed by atoms with E-state index in [1.54, 1.807) is 42.5 Å². The van der Waals surface area contributed by atoms with E-state index in [4.69, 9.17) is 17.0 Å². The number of nitrogens with one attached hydrogen (secondary N) is 2. The van der Waals surface area contributed by atoms with Crippen LogP contribution in [-0.2, 0) is 4.74 Å². The number of esters is 1. The molecule has 0 aliphatic heterocycles. The topological polar surface area (TPSA) is 67.4 Å². The molecule has 0 heterocycles. The van der Waals surface area contributed by atoms with Gasteiger partial charge in [0.05, 0.1) is 11.1 Å². The van der Waals surface area contributed by atoms with Crippen LogP contribution in [0.1, 0.15) is 52.8 Å². The Morgan fingerprint density at radius 2 is 1.68 bits per heavy atom. The van der Waals surface area contributed by atoms with Gasteiger partial charge in [0, 0.05) is 10.2 Å². The van der Waals surface area contributed by atoms with Crippen LogP contribution >= 0.6 is 28.1 Å². The highest BCUT2D eigenvalue weighted by molar-refractivity contribution is 9.10. The van der Waals surface area contributed by atoms with Crippen LogP contribution in [0.3, 0.4) is 0 Å². The maximum atomic E-state index is 12.3. The molecule has 3 rings (SSSR count). The summed E-state index contributed by atoms with van der Waals surface area (Å²) in [6.07, 6.45) is 5.35. The SMILES string of the molecule is O=C(OC1CCCCC1)c1ccc(NC(=S)NC(=O)c2ccccc2Br)cc1. The Morgan fingerprint density at radius 3 is 2.36 bits per heavy atom. The molecule has 0 atom stereocenters. The quantitative estimate of drug-likeness (QED) is 0.492. The minimum atomic E-state index is -0.308. The average Bonchev–Trinajstić information content (AvgIpc) is 2.69. The van der Waals surface area contributed by atoms with Crippen LogP contribution in [0.25, 0.3) is 0 Å². The molecule has 1 saturated carbocycles. The summed E-state index contributed by atoms with van der Waals surface area (Å²) in [5.74, 6) is -0.610. The van der Waals surface area contributed by atoms with Crippen molar-refractivity contribution in [2.24, 2.45) is 0 Å². The summed E-state index contributed by atoms with van der Waals surface area (Å²) in [6.45, 7) is 0. The van der Waals surface area contributed by atoms with Gasteiger partial charge in [0.25, 0.3) is 5.91 Å². The molecule has 0 saturated heterocycles. The summed E-state index contributed by atoms with van der Waals surface area (Å²) >= 11 is 8.54. The fourth-order valence-electron chi connectivity index (χ4n) is 3.07. The van der Waals surface area contributed by atoms with Gasteiger partial charge in [-0.25, -0.2) is 4.79 Å². The lowest BCUT2D eigenvalue weighted by molar-refractivity contribution is 0.0211. The largest absolute Gasteiger partial charge is 0.459 e. The van der Waals surface area contributed by atoms with Crippen LogP contribution in [0, 0.1) is 0 Å². The monoisotopic (exact) mass is 460 g/mol. The van der Waals surface area contributed by atoms with Crippen molar-refractivity contribution in [2.45, 2.75) is 38.2 Å². The van der Waals surface area contributed by atoms with Crippen molar-refractivity contribution in [3.63, 3.8) is 0 Å². The Hall–Kier alpha value is -2.25. The molecular formula is C21H21BrN2O3S. The third-order valence-electron chi connectivity index (χ3n) is 4.55. The minimum absolute atomic E-state index is 0.0270. The van der Waals surface area contributed by atoms with Crippen LogP contribution in [-0.4, -0.2) is 23.1 Å². The van der Waals surface area contributed by atoms with Crippen molar-refractivity contribution in [2.75, 3.05) is 5.32 Å². The number of carbonyl (C=O) groups is 2. The molecule has 7 heteroatoms. The normalized spacial score (nSPS) is 14.2. The van der Waals surface area contributed by atoms with E-state index in [1.807, 2.05) is 6.07 Å². The van der Waals surface area contributed by atoms with E-state index in [1.165, 1.54) is 6.42 Å². The summed E-state index contributed by atoms with van der Waals surface area (Å²) in [4.78, 5) is 24.5. The Morgan fingerprint density at radius 1 is 1.00 bits per heavy atom. The van der Waals surface area contributed by atoms with Crippen LogP contribution in [0.5, 0.6) is 0 Å². The first-order valence-electron chi connectivity index (χ1n) is 9.21. The molecule has 0 spiro atoms. The highest BCUT2D eigenvalue weighted by atomic mass is 79.9. The van der Waals surface area contributed by atoms with E-state index >= 15 is 0 Å². The second-order valence-electron chi connectivity index (χ2n) is 6.63. The molecule has 1 fully saturated rings. The third-order valence-corrected chi connectivity index (χ3v) is 5.45. The zero-order valence-corrected chi connectivity index (χ0v) is 17.6. The molecule has 1 amide bonds. The van der Waals surface area contributed by atoms with Crippen LogP contribution in [0.2, 0.25) is 0 Å². The Labute approximate surface area is 178 Å². The third kappa shape index (κ3) is 5.62. The predicted molar refractivity (Wildman–Crippen MR) is 117 cm³/mol. The van der Waals surface area contributed by atoms with Crippen molar-refractivity contribution in [3.05, 3.63) is 64.1 Å². The second-order valence-corrected chi connectivity index (χ2v) is 7.89. The molecule has 146 valence electrons. The van der Waals surface area contributed by atoms with Crippen molar-refractivity contribution >= 4 is 50.8 Å². The number of hydrogen-bond acceptors (Lipinski definition) is 4. The first-order valence-corrected chi connectivity index (χ1v) is 10.4. The van der Waals surface area contributed by atoms with Crippen LogP contribution in [0.15, 0.2) is 53.0 Å². The number of hydrogen-bond donors (Lipinski definition) is 2. The molecule has 2 aromatic rings. The summed E-state index contributed by atoms with van der Waals surface area (Å²) < 4.78 is 6.26. The van der Waals surface area contributed by atoms with Gasteiger partial charge in [-0.05, 0) is 90.2 Å². The van der Waals surface area contributed by atoms with Gasteiger partial charge in [0.15, 0.2) is 5.11 Å². The Bertz CT molecular complexity index is 864. The van der Waals surface area contributed by atoms with Crippen LogP contribution < -0.4 is 10.6 Å². The molecule has 0 aromatic heterocycles. The number of benzene rings is 2. The minimum Gasteiger partial charge on any atom is -0.459 e. The molecule has 28 heavy (non-hydrogen) atoms. The van der Waals surface area contributed by atoms with E-state index in [0.717, 1.165) is 25.7 Å². The number of ether oxygens (including phenoxy) is 1. The van der Waals surface area contributed by atoms with Gasteiger partial charge in [-0.3, -0.25) is 10.1 Å². The maximum Gasteiger partial charge on any atom is 0.338 e. The fraction of sp³-hybridized carbons (Fsp3) is 0.286. The lowest BCUT2D eigenvalue weighted by Crippen LogP contribution is -2.34. The van der Waals surface area contributed by atoms with Crippen molar-refractivity contribution in [1.29, 1.82) is 0 Å². The molecule has 0 bridgehead atoms. The number of rotatable bonds is 4. The van der Waals surface area contributed by atoms with E-state index in [-0.39, 0.29) is 23.1 Å². The summed E-state index contributed by atoms with van der Waals surface area (Å²) in [6, 6.07) is 13.9. The fourth-order valence-corrected chi connectivity index (χ4v) is 3.75. The van der Waals surface area contributed by atoms with Gasteiger partial charge in [-0.15, -0.1) is 0 Å².